The maximum atomic E-state index is 6.04. The minimum absolute atomic E-state index is 0.187. The van der Waals surface area contributed by atoms with Gasteiger partial charge in [-0.3, -0.25) is 0 Å². The zero-order valence-electron chi connectivity index (χ0n) is 12.8. The monoisotopic (exact) mass is 303 g/mol. The van der Waals surface area contributed by atoms with Crippen LogP contribution in [0.15, 0.2) is 42.5 Å². The topological polar surface area (TPSA) is 21.3 Å². The van der Waals surface area contributed by atoms with Crippen molar-refractivity contribution < 1.29 is 4.74 Å². The highest BCUT2D eigenvalue weighted by Crippen LogP contribution is 2.23. The first-order valence-electron chi connectivity index (χ1n) is 7.29. The van der Waals surface area contributed by atoms with Gasteiger partial charge in [0.1, 0.15) is 12.4 Å². The van der Waals surface area contributed by atoms with Crippen molar-refractivity contribution in [3.05, 3.63) is 64.2 Å². The van der Waals surface area contributed by atoms with Gasteiger partial charge in [0.25, 0.3) is 0 Å². The Kier molecular flexibility index (Phi) is 5.66. The van der Waals surface area contributed by atoms with Gasteiger partial charge in [-0.25, -0.2) is 0 Å². The Balaban J connectivity index is 2.10. The molecular formula is C18H22ClNO. The number of hydrogen-bond donors (Lipinski definition) is 1. The number of likely N-dealkylation sites (N-methyl/N-ethyl adjacent to an activating group) is 1. The van der Waals surface area contributed by atoms with Crippen molar-refractivity contribution in [1.82, 2.24) is 5.32 Å². The van der Waals surface area contributed by atoms with E-state index in [1.54, 1.807) is 0 Å². The van der Waals surface area contributed by atoms with Crippen LogP contribution in [0.3, 0.4) is 0 Å². The number of rotatable bonds is 6. The molecule has 0 saturated carbocycles. The van der Waals surface area contributed by atoms with Crippen LogP contribution in [0.5, 0.6) is 5.75 Å². The number of hydrogen-bond acceptors (Lipinski definition) is 2. The summed E-state index contributed by atoms with van der Waals surface area (Å²) in [7, 11) is 0. The van der Waals surface area contributed by atoms with Crippen LogP contribution in [0.1, 0.15) is 29.7 Å². The van der Waals surface area contributed by atoms with Crippen molar-refractivity contribution in [1.29, 1.82) is 0 Å². The van der Waals surface area contributed by atoms with Crippen molar-refractivity contribution in [3.63, 3.8) is 0 Å². The van der Waals surface area contributed by atoms with Crippen LogP contribution in [-0.4, -0.2) is 13.2 Å². The van der Waals surface area contributed by atoms with Gasteiger partial charge in [-0.15, -0.1) is 0 Å². The molecule has 0 aliphatic rings. The summed E-state index contributed by atoms with van der Waals surface area (Å²) in [6, 6.07) is 14.4. The van der Waals surface area contributed by atoms with Gasteiger partial charge in [-0.2, -0.15) is 0 Å². The maximum Gasteiger partial charge on any atom is 0.119 e. The fraction of sp³-hybridized carbons (Fsp3) is 0.333. The highest BCUT2D eigenvalue weighted by atomic mass is 35.5. The van der Waals surface area contributed by atoms with E-state index in [2.05, 4.69) is 43.4 Å². The predicted octanol–water partition coefficient (Wildman–Crippen LogP) is 4.69. The molecule has 0 bridgehead atoms. The molecule has 1 unspecified atom stereocenters. The zero-order chi connectivity index (χ0) is 15.2. The Hall–Kier alpha value is -1.51. The van der Waals surface area contributed by atoms with E-state index < -0.39 is 0 Å². The molecule has 0 amide bonds. The summed E-state index contributed by atoms with van der Waals surface area (Å²) in [6.45, 7) is 7.73. The lowest BCUT2D eigenvalue weighted by molar-refractivity contribution is 0.267. The second-order valence-electron chi connectivity index (χ2n) is 5.19. The average Bonchev–Trinajstić information content (AvgIpc) is 2.48. The molecule has 0 aliphatic heterocycles. The van der Waals surface area contributed by atoms with Crippen molar-refractivity contribution in [2.24, 2.45) is 0 Å². The molecule has 21 heavy (non-hydrogen) atoms. The van der Waals surface area contributed by atoms with Gasteiger partial charge < -0.3 is 10.1 Å². The van der Waals surface area contributed by atoms with Crippen LogP contribution in [0.25, 0.3) is 0 Å². The number of aryl methyl sites for hydroxylation is 2. The summed E-state index contributed by atoms with van der Waals surface area (Å²) in [5.41, 5.74) is 3.59. The van der Waals surface area contributed by atoms with Gasteiger partial charge in [-0.1, -0.05) is 42.8 Å². The molecule has 0 aromatic heterocycles. The smallest absolute Gasteiger partial charge is 0.119 e. The van der Waals surface area contributed by atoms with Crippen LogP contribution >= 0.6 is 11.6 Å². The Morgan fingerprint density at radius 2 is 1.86 bits per heavy atom. The molecule has 2 aromatic rings. The largest absolute Gasteiger partial charge is 0.492 e. The van der Waals surface area contributed by atoms with Crippen molar-refractivity contribution in [2.75, 3.05) is 13.2 Å². The van der Waals surface area contributed by atoms with E-state index in [4.69, 9.17) is 16.3 Å². The van der Waals surface area contributed by atoms with Crippen molar-refractivity contribution >= 4 is 11.6 Å². The lowest BCUT2D eigenvalue weighted by Crippen LogP contribution is -2.27. The average molecular weight is 304 g/mol. The highest BCUT2D eigenvalue weighted by Gasteiger charge is 2.13. The molecule has 0 spiro atoms. The van der Waals surface area contributed by atoms with Gasteiger partial charge >= 0.3 is 0 Å². The molecule has 0 heterocycles. The van der Waals surface area contributed by atoms with E-state index in [0.29, 0.717) is 6.61 Å². The molecule has 0 saturated heterocycles. The first kappa shape index (κ1) is 15.9. The molecule has 0 fully saturated rings. The van der Waals surface area contributed by atoms with E-state index in [1.165, 1.54) is 11.1 Å². The quantitative estimate of drug-likeness (QED) is 0.836. The number of benzene rings is 2. The molecule has 112 valence electrons. The predicted molar refractivity (Wildman–Crippen MR) is 89.3 cm³/mol. The lowest BCUT2D eigenvalue weighted by atomic mass is 10.0. The van der Waals surface area contributed by atoms with Gasteiger partial charge in [0.15, 0.2) is 0 Å². The molecule has 0 radical (unpaired) electrons. The molecule has 2 aromatic carbocycles. The summed E-state index contributed by atoms with van der Waals surface area (Å²) in [6.07, 6.45) is 0. The van der Waals surface area contributed by atoms with Crippen LogP contribution in [0.2, 0.25) is 5.02 Å². The number of nitrogens with one attached hydrogen (secondary N) is 1. The van der Waals surface area contributed by atoms with Gasteiger partial charge in [0.05, 0.1) is 6.04 Å². The fourth-order valence-corrected chi connectivity index (χ4v) is 2.49. The van der Waals surface area contributed by atoms with E-state index in [1.807, 2.05) is 25.1 Å². The Morgan fingerprint density at radius 3 is 2.52 bits per heavy atom. The SMILES string of the molecule is CCNC(COc1ccc(Cl)c(C)c1)c1ccccc1C. The third kappa shape index (κ3) is 4.23. The van der Waals surface area contributed by atoms with E-state index in [0.717, 1.165) is 22.9 Å². The molecule has 0 aliphatic carbocycles. The van der Waals surface area contributed by atoms with Crippen LogP contribution in [0.4, 0.5) is 0 Å². The molecule has 2 rings (SSSR count). The molecular weight excluding hydrogens is 282 g/mol. The summed E-state index contributed by atoms with van der Waals surface area (Å²) >= 11 is 6.04. The van der Waals surface area contributed by atoms with Gasteiger partial charge in [0, 0.05) is 5.02 Å². The van der Waals surface area contributed by atoms with Gasteiger partial charge in [0.2, 0.25) is 0 Å². The highest BCUT2D eigenvalue weighted by molar-refractivity contribution is 6.31. The van der Waals surface area contributed by atoms with Crippen molar-refractivity contribution in [2.45, 2.75) is 26.8 Å². The Morgan fingerprint density at radius 1 is 1.10 bits per heavy atom. The Labute approximate surface area is 132 Å². The molecule has 3 heteroatoms. The van der Waals surface area contributed by atoms with E-state index in [-0.39, 0.29) is 6.04 Å². The normalized spacial score (nSPS) is 12.2. The van der Waals surface area contributed by atoms with Crippen LogP contribution in [0, 0.1) is 13.8 Å². The molecule has 1 N–H and O–H groups in total. The van der Waals surface area contributed by atoms with E-state index >= 15 is 0 Å². The minimum Gasteiger partial charge on any atom is -0.492 e. The second-order valence-corrected chi connectivity index (χ2v) is 5.60. The van der Waals surface area contributed by atoms with Crippen LogP contribution < -0.4 is 10.1 Å². The zero-order valence-corrected chi connectivity index (χ0v) is 13.6. The fourth-order valence-electron chi connectivity index (χ4n) is 2.37. The lowest BCUT2D eigenvalue weighted by Gasteiger charge is -2.21. The third-order valence-electron chi connectivity index (χ3n) is 3.56. The summed E-state index contributed by atoms with van der Waals surface area (Å²) in [4.78, 5) is 0. The Bertz CT molecular complexity index is 598. The van der Waals surface area contributed by atoms with E-state index in [9.17, 15) is 0 Å². The molecule has 1 atom stereocenters. The number of halogens is 1. The first-order valence-corrected chi connectivity index (χ1v) is 7.67. The molecule has 2 nitrogen and oxygen atoms in total. The summed E-state index contributed by atoms with van der Waals surface area (Å²) in [5.74, 6) is 0.855. The summed E-state index contributed by atoms with van der Waals surface area (Å²) < 4.78 is 5.94. The summed E-state index contributed by atoms with van der Waals surface area (Å²) in [5, 5.41) is 4.25. The minimum atomic E-state index is 0.187. The first-order chi connectivity index (χ1) is 10.1. The van der Waals surface area contributed by atoms with Gasteiger partial charge in [-0.05, 0) is 55.3 Å². The number of ether oxygens (including phenoxy) is 1. The van der Waals surface area contributed by atoms with Crippen molar-refractivity contribution in [3.8, 4) is 5.75 Å². The second kappa shape index (κ2) is 7.48. The maximum absolute atomic E-state index is 6.04. The third-order valence-corrected chi connectivity index (χ3v) is 3.98. The standard InChI is InChI=1S/C18H22ClNO/c1-4-20-18(16-8-6-5-7-13(16)2)12-21-15-9-10-17(19)14(3)11-15/h5-11,18,20H,4,12H2,1-3H3. The van der Waals surface area contributed by atoms with Crippen LogP contribution in [-0.2, 0) is 0 Å².